The van der Waals surface area contributed by atoms with E-state index in [0.29, 0.717) is 17.4 Å². The van der Waals surface area contributed by atoms with Gasteiger partial charge in [-0.25, -0.2) is 9.18 Å². The van der Waals surface area contributed by atoms with Crippen LogP contribution in [-0.4, -0.2) is 57.9 Å². The minimum atomic E-state index is -5.08. The van der Waals surface area contributed by atoms with E-state index in [1.165, 1.54) is 4.90 Å². The molecule has 3 rings (SSSR count). The zero-order chi connectivity index (χ0) is 26.7. The van der Waals surface area contributed by atoms with Crippen molar-refractivity contribution >= 4 is 27.8 Å². The van der Waals surface area contributed by atoms with Crippen LogP contribution in [-0.2, 0) is 16.6 Å². The number of aromatic nitrogens is 1. The Hall–Kier alpha value is -2.73. The summed E-state index contributed by atoms with van der Waals surface area (Å²) in [6, 6.07) is 8.96. The molecule has 12 heteroatoms. The van der Waals surface area contributed by atoms with Crippen LogP contribution in [0.3, 0.4) is 0 Å². The number of likely N-dealkylation sites (tertiary alicyclic amines) is 1. The van der Waals surface area contributed by atoms with Gasteiger partial charge in [0.1, 0.15) is 6.17 Å². The van der Waals surface area contributed by atoms with Gasteiger partial charge in [0.05, 0.1) is 17.1 Å². The maximum absolute atomic E-state index is 13.4. The van der Waals surface area contributed by atoms with Gasteiger partial charge in [-0.05, 0) is 46.5 Å². The summed E-state index contributed by atoms with van der Waals surface area (Å²) >= 11 is 3.32. The smallest absolute Gasteiger partial charge is 0.475 e. The second-order valence-electron chi connectivity index (χ2n) is 8.27. The van der Waals surface area contributed by atoms with E-state index in [1.807, 2.05) is 44.2 Å². The Bertz CT molecular complexity index is 1140. The van der Waals surface area contributed by atoms with E-state index in [9.17, 15) is 27.2 Å². The molecule has 1 aliphatic heterocycles. The highest BCUT2D eigenvalue weighted by Crippen LogP contribution is 2.28. The SMILES string of the molecule is Cc1c(-c2ccc([C@H](C)[C@H](N)C(=O)N3CC[C@H](F)C3)cc2)cc(Br)c(=O)n1C.O=C(O)C(F)(F)F. The highest BCUT2D eigenvalue weighted by molar-refractivity contribution is 9.10. The van der Waals surface area contributed by atoms with Crippen LogP contribution in [0, 0.1) is 6.92 Å². The summed E-state index contributed by atoms with van der Waals surface area (Å²) in [7, 11) is 1.74. The summed E-state index contributed by atoms with van der Waals surface area (Å²) in [5, 5.41) is 7.12. The first-order valence-corrected chi connectivity index (χ1v) is 11.4. The van der Waals surface area contributed by atoms with Gasteiger partial charge in [0.25, 0.3) is 5.56 Å². The van der Waals surface area contributed by atoms with E-state index < -0.39 is 24.4 Å². The van der Waals surface area contributed by atoms with Gasteiger partial charge in [-0.15, -0.1) is 0 Å². The number of nitrogens with zero attached hydrogens (tertiary/aromatic N) is 2. The number of pyridine rings is 1. The summed E-state index contributed by atoms with van der Waals surface area (Å²) in [6.45, 7) is 4.39. The molecule has 3 N–H and O–H groups in total. The van der Waals surface area contributed by atoms with Crippen LogP contribution in [0.2, 0.25) is 0 Å². The molecule has 0 saturated carbocycles. The maximum Gasteiger partial charge on any atom is 0.490 e. The molecule has 1 amide bonds. The van der Waals surface area contributed by atoms with E-state index in [2.05, 4.69) is 15.9 Å². The normalized spacial score (nSPS) is 17.4. The maximum atomic E-state index is 13.4. The van der Waals surface area contributed by atoms with Crippen molar-refractivity contribution < 1.29 is 32.3 Å². The topological polar surface area (TPSA) is 106 Å². The predicted molar refractivity (Wildman–Crippen MR) is 126 cm³/mol. The van der Waals surface area contributed by atoms with Gasteiger partial charge in [-0.2, -0.15) is 13.2 Å². The number of rotatable bonds is 4. The van der Waals surface area contributed by atoms with E-state index in [0.717, 1.165) is 22.4 Å². The minimum absolute atomic E-state index is 0.0755. The van der Waals surface area contributed by atoms with Crippen molar-refractivity contribution in [1.29, 1.82) is 0 Å². The van der Waals surface area contributed by atoms with Crippen molar-refractivity contribution in [1.82, 2.24) is 9.47 Å². The third-order valence-electron chi connectivity index (χ3n) is 5.93. The van der Waals surface area contributed by atoms with Crippen molar-refractivity contribution in [3.8, 4) is 11.1 Å². The molecular weight excluding hydrogens is 538 g/mol. The molecule has 1 aliphatic rings. The molecule has 0 unspecified atom stereocenters. The van der Waals surface area contributed by atoms with E-state index in [1.54, 1.807) is 11.6 Å². The number of benzene rings is 1. The molecule has 192 valence electrons. The monoisotopic (exact) mass is 563 g/mol. The summed E-state index contributed by atoms with van der Waals surface area (Å²) in [4.78, 5) is 35.0. The van der Waals surface area contributed by atoms with Crippen LogP contribution >= 0.6 is 15.9 Å². The van der Waals surface area contributed by atoms with Gasteiger partial charge in [-0.3, -0.25) is 9.59 Å². The standard InChI is InChI=1S/C21H25BrFN3O2.C2HF3O2/c1-12(19(24)21(28)26-9-8-16(23)11-26)14-4-6-15(7-5-14)17-10-18(22)20(27)25(3)13(17)2;3-2(4,5)1(6)7/h4-7,10,12,16,19H,8-9,11,24H2,1-3H3;(H,6,7)/t12-,16-,19-;/m0./s1. The third kappa shape index (κ3) is 6.91. The fraction of sp³-hybridized carbons (Fsp3) is 0.435. The Morgan fingerprint density at radius 1 is 1.23 bits per heavy atom. The van der Waals surface area contributed by atoms with E-state index in [-0.39, 0.29) is 23.9 Å². The minimum Gasteiger partial charge on any atom is -0.475 e. The van der Waals surface area contributed by atoms with E-state index in [4.69, 9.17) is 15.6 Å². The Labute approximate surface area is 207 Å². The highest BCUT2D eigenvalue weighted by Gasteiger charge is 2.38. The van der Waals surface area contributed by atoms with Crippen LogP contribution in [0.4, 0.5) is 17.6 Å². The van der Waals surface area contributed by atoms with Crippen molar-refractivity contribution in [2.75, 3.05) is 13.1 Å². The Morgan fingerprint density at radius 2 is 1.77 bits per heavy atom. The molecule has 3 atom stereocenters. The Kier molecular flexibility index (Phi) is 9.23. The molecule has 1 aromatic heterocycles. The zero-order valence-electron chi connectivity index (χ0n) is 19.3. The molecule has 7 nitrogen and oxygen atoms in total. The van der Waals surface area contributed by atoms with Gasteiger partial charge < -0.3 is 20.3 Å². The lowest BCUT2D eigenvalue weighted by molar-refractivity contribution is -0.192. The summed E-state index contributed by atoms with van der Waals surface area (Å²) in [6.07, 6.45) is -5.65. The number of carboxylic acid groups (broad SMARTS) is 1. The Morgan fingerprint density at radius 3 is 2.23 bits per heavy atom. The summed E-state index contributed by atoms with van der Waals surface area (Å²) in [5.74, 6) is -3.14. The molecule has 1 aromatic carbocycles. The number of nitrogens with two attached hydrogens (primary N) is 1. The number of halogens is 5. The number of hydrogen-bond acceptors (Lipinski definition) is 4. The van der Waals surface area contributed by atoms with Gasteiger partial charge in [0.2, 0.25) is 5.91 Å². The fourth-order valence-corrected chi connectivity index (χ4v) is 4.09. The van der Waals surface area contributed by atoms with E-state index >= 15 is 0 Å². The molecule has 1 saturated heterocycles. The molecule has 0 radical (unpaired) electrons. The van der Waals surface area contributed by atoms with Crippen LogP contribution in [0.15, 0.2) is 39.6 Å². The number of hydrogen-bond donors (Lipinski definition) is 2. The molecule has 0 bridgehead atoms. The van der Waals surface area contributed by atoms with Gasteiger partial charge in [0, 0.05) is 30.8 Å². The molecular formula is C23H26BrF4N3O4. The highest BCUT2D eigenvalue weighted by atomic mass is 79.9. The van der Waals surface area contributed by atoms with Crippen molar-refractivity contribution in [2.24, 2.45) is 12.8 Å². The van der Waals surface area contributed by atoms with Crippen LogP contribution < -0.4 is 11.3 Å². The van der Waals surface area contributed by atoms with Crippen molar-refractivity contribution in [2.45, 2.75) is 44.6 Å². The summed E-state index contributed by atoms with van der Waals surface area (Å²) < 4.78 is 47.2. The first-order valence-electron chi connectivity index (χ1n) is 10.6. The average Bonchev–Trinajstić information content (AvgIpc) is 3.24. The third-order valence-corrected chi connectivity index (χ3v) is 6.50. The molecule has 35 heavy (non-hydrogen) atoms. The molecule has 0 aliphatic carbocycles. The van der Waals surface area contributed by atoms with Gasteiger partial charge in [0.15, 0.2) is 0 Å². The fourth-order valence-electron chi connectivity index (χ4n) is 3.59. The first-order chi connectivity index (χ1) is 16.1. The number of carbonyl (C=O) groups is 2. The molecule has 1 fully saturated rings. The van der Waals surface area contributed by atoms with Crippen LogP contribution in [0.25, 0.3) is 11.1 Å². The molecule has 2 aromatic rings. The number of carboxylic acids is 1. The largest absolute Gasteiger partial charge is 0.490 e. The second kappa shape index (κ2) is 11.3. The molecule has 0 spiro atoms. The van der Waals surface area contributed by atoms with Gasteiger partial charge in [-0.1, -0.05) is 31.2 Å². The lowest BCUT2D eigenvalue weighted by atomic mass is 9.91. The quantitative estimate of drug-likeness (QED) is 0.551. The lowest BCUT2D eigenvalue weighted by Gasteiger charge is -2.25. The number of amides is 1. The van der Waals surface area contributed by atoms with Gasteiger partial charge >= 0.3 is 12.1 Å². The second-order valence-corrected chi connectivity index (χ2v) is 9.12. The number of carbonyl (C=O) groups excluding carboxylic acids is 1. The summed E-state index contributed by atoms with van der Waals surface area (Å²) in [5.41, 5.74) is 9.87. The predicted octanol–water partition coefficient (Wildman–Crippen LogP) is 3.76. The average molecular weight is 564 g/mol. The van der Waals surface area contributed by atoms with Crippen LogP contribution in [0.5, 0.6) is 0 Å². The first kappa shape index (κ1) is 28.5. The van der Waals surface area contributed by atoms with Crippen molar-refractivity contribution in [3.63, 3.8) is 0 Å². The van der Waals surface area contributed by atoms with Crippen molar-refractivity contribution in [3.05, 3.63) is 56.4 Å². The lowest BCUT2D eigenvalue weighted by Crippen LogP contribution is -2.45. The van der Waals surface area contributed by atoms with Crippen LogP contribution in [0.1, 0.15) is 30.5 Å². The molecule has 2 heterocycles. The number of alkyl halides is 4. The number of aliphatic carboxylic acids is 1. The zero-order valence-corrected chi connectivity index (χ0v) is 20.9. The Balaban J connectivity index is 0.000000540.